The molecule has 1 aliphatic rings. The Bertz CT molecular complexity index is 696. The molecule has 2 N–H and O–H groups in total. The normalized spacial score (nSPS) is 15.6. The van der Waals surface area contributed by atoms with E-state index in [-0.39, 0.29) is 23.2 Å². The van der Waals surface area contributed by atoms with Crippen molar-refractivity contribution in [1.82, 2.24) is 5.32 Å². The minimum Gasteiger partial charge on any atom is -0.332 e. The molecule has 0 spiro atoms. The average Bonchev–Trinajstić information content (AvgIpc) is 2.47. The van der Waals surface area contributed by atoms with E-state index >= 15 is 0 Å². The third kappa shape index (κ3) is 3.86. The monoisotopic (exact) mass is 316 g/mol. The number of carbonyl (C=O) groups is 1. The zero-order valence-electron chi connectivity index (χ0n) is 12.6. The molecule has 0 bridgehead atoms. The molecule has 120 valence electrons. The van der Waals surface area contributed by atoms with Crippen LogP contribution in [0.1, 0.15) is 24.8 Å². The molecule has 0 aliphatic heterocycles. The molecule has 3 rings (SSSR count). The minimum absolute atomic E-state index is 0.271. The number of rotatable bonds is 4. The molecular formula is C18H18F2N2O. The molecule has 2 amide bonds. The molecule has 0 unspecified atom stereocenters. The van der Waals surface area contributed by atoms with Crippen molar-refractivity contribution in [1.29, 1.82) is 0 Å². The van der Waals surface area contributed by atoms with Crippen LogP contribution in [-0.4, -0.2) is 11.6 Å². The summed E-state index contributed by atoms with van der Waals surface area (Å²) in [5.41, 5.74) is 1.06. The molecule has 2 aromatic rings. The second kappa shape index (κ2) is 6.36. The van der Waals surface area contributed by atoms with Gasteiger partial charge in [0.25, 0.3) is 0 Å². The Labute approximate surface area is 133 Å². The number of urea groups is 1. The molecule has 23 heavy (non-hydrogen) atoms. The van der Waals surface area contributed by atoms with Crippen LogP contribution in [-0.2, 0) is 6.42 Å². The topological polar surface area (TPSA) is 41.1 Å². The van der Waals surface area contributed by atoms with E-state index < -0.39 is 0 Å². The number of amides is 2. The van der Waals surface area contributed by atoms with Crippen molar-refractivity contribution >= 4 is 11.7 Å². The fourth-order valence-electron chi connectivity index (χ4n) is 2.92. The molecule has 0 aromatic heterocycles. The van der Waals surface area contributed by atoms with Crippen molar-refractivity contribution < 1.29 is 13.6 Å². The molecule has 1 fully saturated rings. The third-order valence-corrected chi connectivity index (χ3v) is 4.22. The number of nitrogens with one attached hydrogen (secondary N) is 2. The van der Waals surface area contributed by atoms with Gasteiger partial charge >= 0.3 is 6.03 Å². The summed E-state index contributed by atoms with van der Waals surface area (Å²) in [7, 11) is 0. The number of benzene rings is 2. The number of hydrogen-bond acceptors (Lipinski definition) is 1. The molecule has 2 aromatic carbocycles. The Hall–Kier alpha value is -2.43. The summed E-state index contributed by atoms with van der Waals surface area (Å²) >= 11 is 0. The predicted octanol–water partition coefficient (Wildman–Crippen LogP) is 4.25. The second-order valence-corrected chi connectivity index (χ2v) is 6.03. The average molecular weight is 316 g/mol. The fourth-order valence-corrected chi connectivity index (χ4v) is 2.92. The van der Waals surface area contributed by atoms with E-state index in [9.17, 15) is 13.6 Å². The molecule has 0 radical (unpaired) electrons. The highest BCUT2D eigenvalue weighted by Crippen LogP contribution is 2.35. The van der Waals surface area contributed by atoms with Gasteiger partial charge < -0.3 is 10.6 Å². The summed E-state index contributed by atoms with van der Waals surface area (Å²) in [5.74, 6) is -0.620. The Kier molecular flexibility index (Phi) is 4.28. The number of anilines is 1. The molecule has 0 heterocycles. The largest absolute Gasteiger partial charge is 0.332 e. The fraction of sp³-hybridized carbons (Fsp3) is 0.278. The first-order valence-electron chi connectivity index (χ1n) is 7.64. The van der Waals surface area contributed by atoms with Crippen molar-refractivity contribution in [2.75, 3.05) is 5.32 Å². The highest BCUT2D eigenvalue weighted by Gasteiger charge is 2.38. The van der Waals surface area contributed by atoms with Crippen LogP contribution in [0.3, 0.4) is 0 Å². The van der Waals surface area contributed by atoms with Crippen LogP contribution in [0.25, 0.3) is 0 Å². The summed E-state index contributed by atoms with van der Waals surface area (Å²) in [6.45, 7) is 0. The van der Waals surface area contributed by atoms with Gasteiger partial charge in [0.1, 0.15) is 11.6 Å². The first-order chi connectivity index (χ1) is 11.0. The summed E-state index contributed by atoms with van der Waals surface area (Å²) in [6, 6.07) is 11.7. The van der Waals surface area contributed by atoms with Crippen LogP contribution in [0.4, 0.5) is 19.3 Å². The molecule has 0 atom stereocenters. The Morgan fingerprint density at radius 3 is 2.39 bits per heavy atom. The van der Waals surface area contributed by atoms with Gasteiger partial charge in [-0.2, -0.15) is 0 Å². The van der Waals surface area contributed by atoms with E-state index in [2.05, 4.69) is 10.6 Å². The Morgan fingerprint density at radius 1 is 1.04 bits per heavy atom. The van der Waals surface area contributed by atoms with Crippen molar-refractivity contribution in [2.45, 2.75) is 31.2 Å². The molecule has 5 heteroatoms. The second-order valence-electron chi connectivity index (χ2n) is 6.03. The van der Waals surface area contributed by atoms with Crippen LogP contribution in [0.2, 0.25) is 0 Å². The minimum atomic E-state index is -0.350. The Balaban J connectivity index is 1.64. The molecule has 1 aliphatic carbocycles. The zero-order chi connectivity index (χ0) is 16.3. The molecule has 3 nitrogen and oxygen atoms in total. The molecule has 1 saturated carbocycles. The molecular weight excluding hydrogens is 298 g/mol. The van der Waals surface area contributed by atoms with E-state index in [0.717, 1.165) is 24.8 Å². The van der Waals surface area contributed by atoms with Gasteiger partial charge in [-0.3, -0.25) is 0 Å². The first kappa shape index (κ1) is 15.5. The maximum absolute atomic E-state index is 13.3. The highest BCUT2D eigenvalue weighted by atomic mass is 19.1. The van der Waals surface area contributed by atoms with E-state index in [4.69, 9.17) is 0 Å². The van der Waals surface area contributed by atoms with Gasteiger partial charge in [-0.05, 0) is 67.6 Å². The number of hydrogen-bond donors (Lipinski definition) is 2. The summed E-state index contributed by atoms with van der Waals surface area (Å²) in [5, 5.41) is 5.69. The van der Waals surface area contributed by atoms with Gasteiger partial charge in [-0.25, -0.2) is 13.6 Å². The van der Waals surface area contributed by atoms with Crippen molar-refractivity contribution in [3.05, 3.63) is 65.7 Å². The predicted molar refractivity (Wildman–Crippen MR) is 85.2 cm³/mol. The maximum atomic E-state index is 13.3. The van der Waals surface area contributed by atoms with Crippen molar-refractivity contribution in [3.8, 4) is 0 Å². The van der Waals surface area contributed by atoms with Gasteiger partial charge in [0.2, 0.25) is 0 Å². The SMILES string of the molecule is O=C(Nc1ccc(F)cc1)NC1(Cc2cccc(F)c2)CCC1. The van der Waals surface area contributed by atoms with Crippen molar-refractivity contribution in [3.63, 3.8) is 0 Å². The Morgan fingerprint density at radius 2 is 1.78 bits per heavy atom. The van der Waals surface area contributed by atoms with Crippen LogP contribution in [0.15, 0.2) is 48.5 Å². The highest BCUT2D eigenvalue weighted by molar-refractivity contribution is 5.89. The number of carbonyl (C=O) groups excluding carboxylic acids is 1. The smallest absolute Gasteiger partial charge is 0.319 e. The zero-order valence-corrected chi connectivity index (χ0v) is 12.6. The third-order valence-electron chi connectivity index (χ3n) is 4.22. The van der Waals surface area contributed by atoms with E-state index in [1.54, 1.807) is 6.07 Å². The lowest BCUT2D eigenvalue weighted by Crippen LogP contribution is -2.56. The van der Waals surface area contributed by atoms with E-state index in [0.29, 0.717) is 12.1 Å². The van der Waals surface area contributed by atoms with Crippen molar-refractivity contribution in [2.24, 2.45) is 0 Å². The van der Waals surface area contributed by atoms with E-state index in [1.165, 1.54) is 36.4 Å². The summed E-state index contributed by atoms with van der Waals surface area (Å²) in [6.07, 6.45) is 3.36. The standard InChI is InChI=1S/C18H18F2N2O/c19-14-5-7-16(8-6-14)21-17(23)22-18(9-2-10-18)12-13-3-1-4-15(20)11-13/h1,3-8,11H,2,9-10,12H2,(H2,21,22,23). The molecule has 0 saturated heterocycles. The lowest BCUT2D eigenvalue weighted by atomic mass is 9.73. The first-order valence-corrected chi connectivity index (χ1v) is 7.64. The van der Waals surface area contributed by atoms with Gasteiger partial charge in [0, 0.05) is 11.2 Å². The van der Waals surface area contributed by atoms with E-state index in [1.807, 2.05) is 6.07 Å². The summed E-state index contributed by atoms with van der Waals surface area (Å²) < 4.78 is 26.2. The van der Waals surface area contributed by atoms with Crippen LogP contribution in [0, 0.1) is 11.6 Å². The van der Waals surface area contributed by atoms with Crippen LogP contribution < -0.4 is 10.6 Å². The van der Waals surface area contributed by atoms with Crippen LogP contribution >= 0.6 is 0 Å². The lowest BCUT2D eigenvalue weighted by Gasteiger charge is -2.42. The van der Waals surface area contributed by atoms with Gasteiger partial charge in [-0.15, -0.1) is 0 Å². The summed E-state index contributed by atoms with van der Waals surface area (Å²) in [4.78, 5) is 12.2. The number of halogens is 2. The quantitative estimate of drug-likeness (QED) is 0.870. The maximum Gasteiger partial charge on any atom is 0.319 e. The van der Waals surface area contributed by atoms with Crippen LogP contribution in [0.5, 0.6) is 0 Å². The van der Waals surface area contributed by atoms with Gasteiger partial charge in [-0.1, -0.05) is 12.1 Å². The van der Waals surface area contributed by atoms with Gasteiger partial charge in [0.15, 0.2) is 0 Å². The van der Waals surface area contributed by atoms with Gasteiger partial charge in [0.05, 0.1) is 0 Å². The lowest BCUT2D eigenvalue weighted by molar-refractivity contribution is 0.183.